The quantitative estimate of drug-likeness (QED) is 0.826. The van der Waals surface area contributed by atoms with Crippen LogP contribution in [0.2, 0.25) is 0 Å². The van der Waals surface area contributed by atoms with Gasteiger partial charge in [0.15, 0.2) is 6.04 Å². The second-order valence-electron chi connectivity index (χ2n) is 5.85. The van der Waals surface area contributed by atoms with Crippen LogP contribution in [0.5, 0.6) is 0 Å². The van der Waals surface area contributed by atoms with Crippen molar-refractivity contribution in [1.82, 2.24) is 20.5 Å². The van der Waals surface area contributed by atoms with E-state index in [2.05, 4.69) is 5.43 Å². The number of carbonyl (C=O) groups excluding carboxylic acids is 3. The topological polar surface area (TPSA) is 110 Å². The maximum atomic E-state index is 12.8. The summed E-state index contributed by atoms with van der Waals surface area (Å²) in [5, 5.41) is 12.5. The predicted octanol–water partition coefficient (Wildman–Crippen LogP) is 0.450. The molecule has 2 aliphatic rings. The van der Waals surface area contributed by atoms with Gasteiger partial charge < -0.3 is 5.11 Å². The zero-order valence-corrected chi connectivity index (χ0v) is 13.4. The Morgan fingerprint density at radius 3 is 2.52 bits per heavy atom. The molecule has 0 spiro atoms. The van der Waals surface area contributed by atoms with Crippen molar-refractivity contribution in [2.24, 2.45) is 0 Å². The van der Waals surface area contributed by atoms with E-state index in [1.165, 1.54) is 5.01 Å². The summed E-state index contributed by atoms with van der Waals surface area (Å²) in [6, 6.07) is 6.48. The Kier molecular flexibility index (Phi) is 4.55. The average Bonchev–Trinajstić information content (AvgIpc) is 2.74. The second kappa shape index (κ2) is 6.80. The molecular formula is C16H18N4O5. The number of hydrogen-bond donors (Lipinski definition) is 2. The average molecular weight is 346 g/mol. The van der Waals surface area contributed by atoms with Crippen molar-refractivity contribution >= 4 is 23.8 Å². The first kappa shape index (κ1) is 16.7. The number of nitrogens with zero attached hydrogens (tertiary/aromatic N) is 3. The summed E-state index contributed by atoms with van der Waals surface area (Å²) in [7, 11) is 0. The zero-order valence-electron chi connectivity index (χ0n) is 13.4. The van der Waals surface area contributed by atoms with Crippen LogP contribution in [0, 0.1) is 0 Å². The van der Waals surface area contributed by atoms with Crippen molar-refractivity contribution in [3.8, 4) is 0 Å². The number of nitrogens with one attached hydrogen (secondary N) is 1. The van der Waals surface area contributed by atoms with Crippen molar-refractivity contribution in [1.29, 1.82) is 0 Å². The maximum Gasteiger partial charge on any atom is 0.358 e. The summed E-state index contributed by atoms with van der Waals surface area (Å²) in [6.45, 7) is 0.268. The summed E-state index contributed by atoms with van der Waals surface area (Å²) in [4.78, 5) is 48.8. The Balaban J connectivity index is 1.83. The van der Waals surface area contributed by atoms with E-state index in [4.69, 9.17) is 0 Å². The van der Waals surface area contributed by atoms with Crippen molar-refractivity contribution in [3.63, 3.8) is 0 Å². The fraction of sp³-hybridized carbons (Fsp3) is 0.375. The molecular weight excluding hydrogens is 328 g/mol. The van der Waals surface area contributed by atoms with Crippen LogP contribution in [0.4, 0.5) is 4.79 Å². The highest BCUT2D eigenvalue weighted by molar-refractivity contribution is 5.96. The zero-order chi connectivity index (χ0) is 18.0. The van der Waals surface area contributed by atoms with Gasteiger partial charge in [0.2, 0.25) is 5.91 Å². The van der Waals surface area contributed by atoms with Crippen LogP contribution in [0.1, 0.15) is 29.6 Å². The Labute approximate surface area is 143 Å². The fourth-order valence-electron chi connectivity index (χ4n) is 2.98. The Morgan fingerprint density at radius 1 is 1.12 bits per heavy atom. The number of rotatable bonds is 3. The van der Waals surface area contributed by atoms with E-state index >= 15 is 0 Å². The van der Waals surface area contributed by atoms with Gasteiger partial charge in [-0.3, -0.25) is 15.0 Å². The lowest BCUT2D eigenvalue weighted by Crippen LogP contribution is -2.62. The van der Waals surface area contributed by atoms with E-state index in [0.717, 1.165) is 10.0 Å². The third-order valence-electron chi connectivity index (χ3n) is 4.22. The van der Waals surface area contributed by atoms with Gasteiger partial charge in [-0.25, -0.2) is 24.6 Å². The van der Waals surface area contributed by atoms with Gasteiger partial charge in [0.25, 0.3) is 5.91 Å². The Morgan fingerprint density at radius 2 is 1.84 bits per heavy atom. The van der Waals surface area contributed by atoms with Gasteiger partial charge in [0, 0.05) is 18.5 Å². The fourth-order valence-corrected chi connectivity index (χ4v) is 2.98. The molecule has 3 rings (SSSR count). The molecule has 2 heterocycles. The number of aliphatic carboxylic acids is 1. The number of fused-ring (bicyclic) bond motifs is 1. The first-order valence-electron chi connectivity index (χ1n) is 7.99. The van der Waals surface area contributed by atoms with Gasteiger partial charge in [-0.1, -0.05) is 18.2 Å². The molecule has 2 saturated heterocycles. The molecule has 2 aliphatic heterocycles. The van der Waals surface area contributed by atoms with Crippen molar-refractivity contribution in [2.45, 2.75) is 25.3 Å². The van der Waals surface area contributed by atoms with E-state index < -0.39 is 23.9 Å². The third-order valence-corrected chi connectivity index (χ3v) is 4.22. The third kappa shape index (κ3) is 3.25. The molecule has 9 heteroatoms. The van der Waals surface area contributed by atoms with Crippen LogP contribution < -0.4 is 5.43 Å². The SMILES string of the molecule is O=C(NN1CCC(=O)N2CCC[C@@H](C(=O)O)N2C1=O)c1ccccc1. The molecule has 0 aromatic heterocycles. The van der Waals surface area contributed by atoms with Crippen LogP contribution in [0.25, 0.3) is 0 Å². The standard InChI is InChI=1S/C16H18N4O5/c21-13-8-10-18(17-14(22)11-5-2-1-3-6-11)16(25)20-12(15(23)24)7-4-9-19(13)20/h1-3,5-6,12H,4,7-10H2,(H,17,22)(H,23,24)/t12-/m0/s1. The lowest BCUT2D eigenvalue weighted by molar-refractivity contribution is -0.162. The first-order chi connectivity index (χ1) is 12.0. The highest BCUT2D eigenvalue weighted by Gasteiger charge is 2.43. The molecule has 9 nitrogen and oxygen atoms in total. The summed E-state index contributed by atoms with van der Waals surface area (Å²) in [5.41, 5.74) is 2.83. The van der Waals surface area contributed by atoms with Crippen LogP contribution >= 0.6 is 0 Å². The maximum absolute atomic E-state index is 12.8. The minimum atomic E-state index is -1.18. The van der Waals surface area contributed by atoms with Gasteiger partial charge in [-0.05, 0) is 25.0 Å². The molecule has 132 valence electrons. The van der Waals surface area contributed by atoms with E-state index in [0.29, 0.717) is 12.0 Å². The normalized spacial score (nSPS) is 20.8. The van der Waals surface area contributed by atoms with Gasteiger partial charge in [0.05, 0.1) is 6.54 Å². The summed E-state index contributed by atoms with van der Waals surface area (Å²) < 4.78 is 0. The molecule has 1 atom stereocenters. The lowest BCUT2D eigenvalue weighted by Gasteiger charge is -2.41. The van der Waals surface area contributed by atoms with Gasteiger partial charge in [-0.15, -0.1) is 0 Å². The van der Waals surface area contributed by atoms with Crippen LogP contribution in [-0.4, -0.2) is 63.1 Å². The number of hydrogen-bond acceptors (Lipinski definition) is 4. The number of urea groups is 1. The van der Waals surface area contributed by atoms with Crippen LogP contribution in [-0.2, 0) is 9.59 Å². The highest BCUT2D eigenvalue weighted by atomic mass is 16.4. The number of hydrazine groups is 2. The Bertz CT molecular complexity index is 708. The molecule has 0 bridgehead atoms. The summed E-state index contributed by atoms with van der Waals surface area (Å²) >= 11 is 0. The molecule has 0 radical (unpaired) electrons. The van der Waals surface area contributed by atoms with E-state index in [1.807, 2.05) is 0 Å². The summed E-state index contributed by atoms with van der Waals surface area (Å²) in [5.74, 6) is -2.02. The van der Waals surface area contributed by atoms with Crippen molar-refractivity contribution in [2.75, 3.05) is 13.1 Å². The molecule has 1 aromatic rings. The molecule has 2 N–H and O–H groups in total. The second-order valence-corrected chi connectivity index (χ2v) is 5.85. The van der Waals surface area contributed by atoms with Gasteiger partial charge in [0.1, 0.15) is 0 Å². The largest absolute Gasteiger partial charge is 0.480 e. The minimum absolute atomic E-state index is 0.00362. The highest BCUT2D eigenvalue weighted by Crippen LogP contribution is 2.23. The first-order valence-corrected chi connectivity index (χ1v) is 7.99. The molecule has 4 amide bonds. The minimum Gasteiger partial charge on any atom is -0.480 e. The molecule has 0 unspecified atom stereocenters. The van der Waals surface area contributed by atoms with Crippen LogP contribution in [0.3, 0.4) is 0 Å². The lowest BCUT2D eigenvalue weighted by atomic mass is 10.1. The van der Waals surface area contributed by atoms with Crippen molar-refractivity contribution < 1.29 is 24.3 Å². The number of carboxylic acid groups (broad SMARTS) is 1. The molecule has 2 fully saturated rings. The number of carbonyl (C=O) groups is 4. The number of carboxylic acids is 1. The number of benzene rings is 1. The monoisotopic (exact) mass is 346 g/mol. The molecule has 0 saturated carbocycles. The summed E-state index contributed by atoms with van der Waals surface area (Å²) in [6.07, 6.45) is 0.762. The predicted molar refractivity (Wildman–Crippen MR) is 84.8 cm³/mol. The van der Waals surface area contributed by atoms with Gasteiger partial charge >= 0.3 is 12.0 Å². The van der Waals surface area contributed by atoms with E-state index in [9.17, 15) is 24.3 Å². The van der Waals surface area contributed by atoms with Crippen LogP contribution in [0.15, 0.2) is 30.3 Å². The van der Waals surface area contributed by atoms with Crippen molar-refractivity contribution in [3.05, 3.63) is 35.9 Å². The molecule has 25 heavy (non-hydrogen) atoms. The smallest absolute Gasteiger partial charge is 0.358 e. The number of amides is 4. The van der Waals surface area contributed by atoms with E-state index in [-0.39, 0.29) is 31.8 Å². The molecule has 0 aliphatic carbocycles. The van der Waals surface area contributed by atoms with Gasteiger partial charge in [-0.2, -0.15) is 0 Å². The van der Waals surface area contributed by atoms with E-state index in [1.54, 1.807) is 30.3 Å². The Hall–Kier alpha value is -3.10. The molecule has 1 aromatic carbocycles.